The summed E-state index contributed by atoms with van der Waals surface area (Å²) >= 11 is 0. The van der Waals surface area contributed by atoms with E-state index in [0.717, 1.165) is 0 Å². The van der Waals surface area contributed by atoms with Gasteiger partial charge in [0.15, 0.2) is 0 Å². The molecular formula is C13H21NO5S. The van der Waals surface area contributed by atoms with Gasteiger partial charge in [-0.3, -0.25) is 0 Å². The fourth-order valence-electron chi connectivity index (χ4n) is 1.60. The largest absolute Gasteiger partial charge is 0.497 e. The zero-order valence-corrected chi connectivity index (χ0v) is 12.8. The second-order valence-corrected chi connectivity index (χ2v) is 5.70. The lowest BCUT2D eigenvalue weighted by Gasteiger charge is -2.12. The van der Waals surface area contributed by atoms with E-state index >= 15 is 0 Å². The van der Waals surface area contributed by atoms with Crippen LogP contribution in [0.25, 0.3) is 0 Å². The summed E-state index contributed by atoms with van der Waals surface area (Å²) < 4.78 is 42.2. The quantitative estimate of drug-likeness (QED) is 0.698. The van der Waals surface area contributed by atoms with Gasteiger partial charge in [0, 0.05) is 25.8 Å². The summed E-state index contributed by atoms with van der Waals surface area (Å²) in [7, 11) is -0.727. The Labute approximate surface area is 120 Å². The molecule has 0 aliphatic rings. The highest BCUT2D eigenvalue weighted by molar-refractivity contribution is 7.89. The van der Waals surface area contributed by atoms with Gasteiger partial charge in [-0.05, 0) is 25.5 Å². The Bertz CT molecular complexity index is 515. The monoisotopic (exact) mass is 303 g/mol. The minimum atomic E-state index is -3.63. The van der Waals surface area contributed by atoms with E-state index in [2.05, 4.69) is 4.72 Å². The summed E-state index contributed by atoms with van der Waals surface area (Å²) in [5.74, 6) is 0.739. The summed E-state index contributed by atoms with van der Waals surface area (Å²) in [5.41, 5.74) is 0. The van der Waals surface area contributed by atoms with Crippen LogP contribution in [0, 0.1) is 0 Å². The molecule has 0 saturated carbocycles. The van der Waals surface area contributed by atoms with E-state index in [0.29, 0.717) is 31.9 Å². The van der Waals surface area contributed by atoms with E-state index in [1.807, 2.05) is 6.92 Å². The van der Waals surface area contributed by atoms with Crippen molar-refractivity contribution in [2.24, 2.45) is 0 Å². The third-order valence-electron chi connectivity index (χ3n) is 2.62. The van der Waals surface area contributed by atoms with Crippen LogP contribution in [-0.4, -0.2) is 42.4 Å². The molecule has 0 aliphatic carbocycles. The van der Waals surface area contributed by atoms with Crippen molar-refractivity contribution in [3.63, 3.8) is 0 Å². The first-order valence-electron chi connectivity index (χ1n) is 6.34. The maximum atomic E-state index is 12.2. The Kier molecular flexibility index (Phi) is 6.77. The Morgan fingerprint density at radius 3 is 2.55 bits per heavy atom. The minimum Gasteiger partial charge on any atom is -0.497 e. The molecule has 1 aromatic rings. The van der Waals surface area contributed by atoms with Gasteiger partial charge in [-0.25, -0.2) is 13.1 Å². The average Bonchev–Trinajstić information content (AvgIpc) is 2.46. The molecule has 0 aliphatic heterocycles. The standard InChI is InChI=1S/C13H21NO5S/c1-4-19-9-5-8-14-20(15,16)13-10-11(17-2)6-7-12(13)18-3/h6-7,10,14H,4-5,8-9H2,1-3H3. The molecule has 20 heavy (non-hydrogen) atoms. The summed E-state index contributed by atoms with van der Waals surface area (Å²) in [4.78, 5) is 0.0655. The van der Waals surface area contributed by atoms with E-state index in [1.54, 1.807) is 12.1 Å². The maximum absolute atomic E-state index is 12.2. The molecule has 0 fully saturated rings. The molecule has 0 radical (unpaired) electrons. The van der Waals surface area contributed by atoms with Crippen LogP contribution in [0.15, 0.2) is 23.1 Å². The molecule has 114 valence electrons. The molecule has 0 spiro atoms. The Balaban J connectivity index is 2.80. The maximum Gasteiger partial charge on any atom is 0.244 e. The van der Waals surface area contributed by atoms with Crippen LogP contribution >= 0.6 is 0 Å². The third kappa shape index (κ3) is 4.66. The lowest BCUT2D eigenvalue weighted by atomic mass is 10.3. The van der Waals surface area contributed by atoms with Gasteiger partial charge in [0.1, 0.15) is 16.4 Å². The lowest BCUT2D eigenvalue weighted by molar-refractivity contribution is 0.146. The van der Waals surface area contributed by atoms with E-state index in [1.165, 1.54) is 20.3 Å². The van der Waals surface area contributed by atoms with Gasteiger partial charge in [-0.1, -0.05) is 0 Å². The molecule has 0 amide bonds. The van der Waals surface area contributed by atoms with E-state index in [-0.39, 0.29) is 10.6 Å². The summed E-state index contributed by atoms with van der Waals surface area (Å²) in [6, 6.07) is 4.64. The molecule has 0 atom stereocenters. The van der Waals surface area contributed by atoms with Crippen LogP contribution in [0.2, 0.25) is 0 Å². The minimum absolute atomic E-state index is 0.0655. The van der Waals surface area contributed by atoms with Crippen molar-refractivity contribution in [2.45, 2.75) is 18.2 Å². The van der Waals surface area contributed by atoms with Gasteiger partial charge in [0.05, 0.1) is 14.2 Å². The van der Waals surface area contributed by atoms with Crippen molar-refractivity contribution in [3.05, 3.63) is 18.2 Å². The van der Waals surface area contributed by atoms with Crippen LogP contribution in [0.4, 0.5) is 0 Å². The first kappa shape index (κ1) is 16.7. The van der Waals surface area contributed by atoms with Crippen LogP contribution in [0.3, 0.4) is 0 Å². The Hall–Kier alpha value is -1.31. The summed E-state index contributed by atoms with van der Waals surface area (Å²) in [6.45, 7) is 3.35. The molecule has 1 rings (SSSR count). The third-order valence-corrected chi connectivity index (χ3v) is 4.10. The van der Waals surface area contributed by atoms with Gasteiger partial charge >= 0.3 is 0 Å². The zero-order valence-electron chi connectivity index (χ0n) is 12.0. The number of methoxy groups -OCH3 is 2. The predicted molar refractivity (Wildman–Crippen MR) is 75.8 cm³/mol. The number of sulfonamides is 1. The Morgan fingerprint density at radius 2 is 1.95 bits per heavy atom. The molecular weight excluding hydrogens is 282 g/mol. The van der Waals surface area contributed by atoms with E-state index in [9.17, 15) is 8.42 Å². The lowest BCUT2D eigenvalue weighted by Crippen LogP contribution is -2.26. The molecule has 1 N–H and O–H groups in total. The molecule has 0 saturated heterocycles. The molecule has 6 nitrogen and oxygen atoms in total. The van der Waals surface area contributed by atoms with Crippen molar-refractivity contribution >= 4 is 10.0 Å². The first-order chi connectivity index (χ1) is 9.55. The number of benzene rings is 1. The second-order valence-electron chi connectivity index (χ2n) is 3.97. The average molecular weight is 303 g/mol. The fraction of sp³-hybridized carbons (Fsp3) is 0.538. The molecule has 0 aromatic heterocycles. The number of hydrogen-bond acceptors (Lipinski definition) is 5. The van der Waals surface area contributed by atoms with Crippen molar-refractivity contribution in [3.8, 4) is 11.5 Å². The van der Waals surface area contributed by atoms with Crippen LogP contribution in [-0.2, 0) is 14.8 Å². The van der Waals surface area contributed by atoms with Gasteiger partial charge in [-0.2, -0.15) is 0 Å². The van der Waals surface area contributed by atoms with Crippen LogP contribution in [0.1, 0.15) is 13.3 Å². The highest BCUT2D eigenvalue weighted by Crippen LogP contribution is 2.27. The molecule has 1 aromatic carbocycles. The number of hydrogen-bond donors (Lipinski definition) is 1. The highest BCUT2D eigenvalue weighted by Gasteiger charge is 2.19. The number of nitrogens with one attached hydrogen (secondary N) is 1. The molecule has 0 bridgehead atoms. The van der Waals surface area contributed by atoms with E-state index in [4.69, 9.17) is 14.2 Å². The van der Waals surface area contributed by atoms with Crippen LogP contribution in [0.5, 0.6) is 11.5 Å². The fourth-order valence-corrected chi connectivity index (χ4v) is 2.85. The van der Waals surface area contributed by atoms with Gasteiger partial charge in [-0.15, -0.1) is 0 Å². The summed E-state index contributed by atoms with van der Waals surface area (Å²) in [5, 5.41) is 0. The number of rotatable bonds is 9. The molecule has 0 heterocycles. The van der Waals surface area contributed by atoms with Crippen molar-refractivity contribution < 1.29 is 22.6 Å². The van der Waals surface area contributed by atoms with Crippen molar-refractivity contribution in [1.29, 1.82) is 0 Å². The van der Waals surface area contributed by atoms with Gasteiger partial charge in [0.2, 0.25) is 10.0 Å². The highest BCUT2D eigenvalue weighted by atomic mass is 32.2. The topological polar surface area (TPSA) is 73.9 Å². The molecule has 0 unspecified atom stereocenters. The molecule has 7 heteroatoms. The van der Waals surface area contributed by atoms with Gasteiger partial charge in [0.25, 0.3) is 0 Å². The smallest absolute Gasteiger partial charge is 0.244 e. The second kappa shape index (κ2) is 8.08. The first-order valence-corrected chi connectivity index (χ1v) is 7.83. The van der Waals surface area contributed by atoms with Crippen molar-refractivity contribution in [2.75, 3.05) is 34.0 Å². The van der Waals surface area contributed by atoms with E-state index < -0.39 is 10.0 Å². The van der Waals surface area contributed by atoms with Crippen molar-refractivity contribution in [1.82, 2.24) is 4.72 Å². The SMILES string of the molecule is CCOCCCNS(=O)(=O)c1cc(OC)ccc1OC. The Morgan fingerprint density at radius 1 is 1.20 bits per heavy atom. The summed E-state index contributed by atoms with van der Waals surface area (Å²) in [6.07, 6.45) is 0.610. The van der Waals surface area contributed by atoms with Gasteiger partial charge < -0.3 is 14.2 Å². The zero-order chi connectivity index (χ0) is 15.0. The predicted octanol–water partition coefficient (Wildman–Crippen LogP) is 1.41. The van der Waals surface area contributed by atoms with Crippen LogP contribution < -0.4 is 14.2 Å². The normalized spacial score (nSPS) is 11.3. The number of ether oxygens (including phenoxy) is 3.